The molecule has 0 aromatic carbocycles. The van der Waals surface area contributed by atoms with Crippen molar-refractivity contribution in [1.82, 2.24) is 0 Å². The number of hydrogen-bond donors (Lipinski definition) is 8. The van der Waals surface area contributed by atoms with Gasteiger partial charge in [-0.05, 0) is 0 Å². The van der Waals surface area contributed by atoms with Crippen LogP contribution in [0, 0.1) is 6.61 Å². The lowest BCUT2D eigenvalue weighted by atomic mass is 9.75. The molecule has 0 saturated carbocycles. The zero-order chi connectivity index (χ0) is 16.7. The molecule has 0 unspecified atom stereocenters. The number of ether oxygens (including phenoxy) is 2. The monoisotopic (exact) mass is 325 g/mol. The van der Waals surface area contributed by atoms with Crippen LogP contribution in [0.3, 0.4) is 0 Å². The van der Waals surface area contributed by atoms with Crippen molar-refractivity contribution in [2.75, 3.05) is 13.2 Å². The fourth-order valence-corrected chi connectivity index (χ4v) is 2.85. The van der Waals surface area contributed by atoms with E-state index in [-0.39, 0.29) is 0 Å². The summed E-state index contributed by atoms with van der Waals surface area (Å²) in [6.45, 7) is -0.744. The smallest absolute Gasteiger partial charge is 0.150 e. The van der Waals surface area contributed by atoms with Gasteiger partial charge in [-0.1, -0.05) is 0 Å². The molecule has 22 heavy (non-hydrogen) atoms. The number of rotatable bonds is 3. The van der Waals surface area contributed by atoms with Crippen molar-refractivity contribution >= 4 is 0 Å². The van der Waals surface area contributed by atoms with Gasteiger partial charge in [0.1, 0.15) is 61.0 Å². The van der Waals surface area contributed by atoms with Crippen LogP contribution in [0.5, 0.6) is 0 Å². The molecule has 0 aliphatic carbocycles. The van der Waals surface area contributed by atoms with Crippen LogP contribution in [-0.4, -0.2) is 108 Å². The average molecular weight is 325 g/mol. The Morgan fingerprint density at radius 3 is 2.23 bits per heavy atom. The third kappa shape index (κ3) is 2.65. The van der Waals surface area contributed by atoms with E-state index in [9.17, 15) is 30.6 Å². The third-order valence-electron chi connectivity index (χ3n) is 4.26. The van der Waals surface area contributed by atoms with E-state index < -0.39 is 67.6 Å². The van der Waals surface area contributed by atoms with Gasteiger partial charge >= 0.3 is 0 Å². The lowest BCUT2D eigenvalue weighted by molar-refractivity contribution is -0.329. The highest BCUT2D eigenvalue weighted by atomic mass is 16.6. The van der Waals surface area contributed by atoms with Gasteiger partial charge in [0.2, 0.25) is 0 Å². The predicted octanol–water partition coefficient (Wildman–Crippen LogP) is -4.79. The molecule has 2 aliphatic rings. The molecule has 0 aromatic heterocycles. The van der Waals surface area contributed by atoms with E-state index >= 15 is 0 Å². The summed E-state index contributed by atoms with van der Waals surface area (Å²) in [5.74, 6) is 0. The van der Waals surface area contributed by atoms with Gasteiger partial charge < -0.3 is 50.3 Å². The lowest BCUT2D eigenvalue weighted by Gasteiger charge is -2.52. The van der Waals surface area contributed by atoms with Crippen LogP contribution in [0.1, 0.15) is 0 Å². The summed E-state index contributed by atoms with van der Waals surface area (Å²) >= 11 is 0. The van der Waals surface area contributed by atoms with Crippen LogP contribution in [0.4, 0.5) is 0 Å². The first-order valence-corrected chi connectivity index (χ1v) is 6.77. The SMILES string of the molecule is O[CH][C@H]1OC[C@H](O)[C@](O)([C@@H]2O[C@H](CO)[C@@H](O)[C@H](O)[C@H]2O)[C@@H]1O. The Morgan fingerprint density at radius 2 is 1.68 bits per heavy atom. The number of aliphatic hydroxyl groups is 8. The first-order chi connectivity index (χ1) is 10.3. The van der Waals surface area contributed by atoms with Crippen molar-refractivity contribution in [3.63, 3.8) is 0 Å². The highest BCUT2D eigenvalue weighted by Gasteiger charge is 2.61. The molecule has 2 heterocycles. The molecule has 129 valence electrons. The van der Waals surface area contributed by atoms with Gasteiger partial charge in [0.15, 0.2) is 0 Å². The van der Waals surface area contributed by atoms with Gasteiger partial charge in [-0.3, -0.25) is 0 Å². The van der Waals surface area contributed by atoms with E-state index in [1.165, 1.54) is 0 Å². The van der Waals surface area contributed by atoms with Crippen molar-refractivity contribution in [3.05, 3.63) is 6.61 Å². The van der Waals surface area contributed by atoms with Crippen LogP contribution >= 0.6 is 0 Å². The van der Waals surface area contributed by atoms with Gasteiger partial charge in [0.25, 0.3) is 0 Å². The van der Waals surface area contributed by atoms with Gasteiger partial charge in [-0.25, -0.2) is 0 Å². The molecule has 0 spiro atoms. The second-order valence-corrected chi connectivity index (χ2v) is 5.54. The fourth-order valence-electron chi connectivity index (χ4n) is 2.85. The fraction of sp³-hybridized carbons (Fsp3) is 0.917. The van der Waals surface area contributed by atoms with E-state index in [0.29, 0.717) is 6.61 Å². The van der Waals surface area contributed by atoms with Crippen molar-refractivity contribution in [1.29, 1.82) is 0 Å². The molecular formula is C12H21O10. The topological polar surface area (TPSA) is 180 Å². The maximum Gasteiger partial charge on any atom is 0.150 e. The minimum Gasteiger partial charge on any atom is -0.394 e. The summed E-state index contributed by atoms with van der Waals surface area (Å²) in [6, 6.07) is 0. The zero-order valence-corrected chi connectivity index (χ0v) is 11.5. The normalized spacial score (nSPS) is 53.5. The Kier molecular flexibility index (Phi) is 5.39. The van der Waals surface area contributed by atoms with Crippen molar-refractivity contribution < 1.29 is 50.3 Å². The minimum atomic E-state index is -2.50. The van der Waals surface area contributed by atoms with Crippen LogP contribution in [0.15, 0.2) is 0 Å². The minimum absolute atomic E-state index is 0.464. The summed E-state index contributed by atoms with van der Waals surface area (Å²) in [7, 11) is 0. The summed E-state index contributed by atoms with van der Waals surface area (Å²) in [6.07, 6.45) is -13.3. The van der Waals surface area contributed by atoms with E-state index in [4.69, 9.17) is 19.7 Å². The molecule has 10 heteroatoms. The molecule has 9 atom stereocenters. The molecule has 2 rings (SSSR count). The van der Waals surface area contributed by atoms with Crippen molar-refractivity contribution in [2.24, 2.45) is 0 Å². The Hall–Kier alpha value is -0.400. The van der Waals surface area contributed by atoms with E-state index in [0.717, 1.165) is 0 Å². The van der Waals surface area contributed by atoms with Crippen LogP contribution in [-0.2, 0) is 9.47 Å². The van der Waals surface area contributed by atoms with Crippen LogP contribution < -0.4 is 0 Å². The van der Waals surface area contributed by atoms with Crippen molar-refractivity contribution in [2.45, 2.75) is 54.4 Å². The predicted molar refractivity (Wildman–Crippen MR) is 66.7 cm³/mol. The second kappa shape index (κ2) is 6.61. The quantitative estimate of drug-likeness (QED) is 0.251. The maximum atomic E-state index is 10.7. The average Bonchev–Trinajstić information content (AvgIpc) is 2.51. The summed E-state index contributed by atoms with van der Waals surface area (Å²) in [5.41, 5.74) is -2.50. The largest absolute Gasteiger partial charge is 0.394 e. The highest BCUT2D eigenvalue weighted by molar-refractivity contribution is 5.11. The summed E-state index contributed by atoms with van der Waals surface area (Å²) in [5, 5.41) is 78.4. The molecule has 8 N–H and O–H groups in total. The second-order valence-electron chi connectivity index (χ2n) is 5.54. The molecule has 0 amide bonds. The Balaban J connectivity index is 2.33. The number of hydrogen-bond acceptors (Lipinski definition) is 10. The van der Waals surface area contributed by atoms with Crippen LogP contribution in [0.25, 0.3) is 0 Å². The summed E-state index contributed by atoms with van der Waals surface area (Å²) in [4.78, 5) is 0. The number of aliphatic hydroxyl groups excluding tert-OH is 7. The van der Waals surface area contributed by atoms with Gasteiger partial charge in [0.05, 0.1) is 13.2 Å². The van der Waals surface area contributed by atoms with E-state index in [1.54, 1.807) is 0 Å². The Labute approximate surface area is 125 Å². The standard InChI is InChI=1S/C12H21O10/c13-1-4-7(16)8(17)9(18)11(22-4)12(20)6(15)3-21-5(2-14)10(12)19/h2,4-11,13-20H,1,3H2/t4-,5-,6+,7-,8+,9-,10-,11-,12-/m1/s1. The lowest BCUT2D eigenvalue weighted by Crippen LogP contribution is -2.75. The molecule has 0 bridgehead atoms. The van der Waals surface area contributed by atoms with Gasteiger partial charge in [0, 0.05) is 0 Å². The van der Waals surface area contributed by atoms with Gasteiger partial charge in [-0.15, -0.1) is 0 Å². The first-order valence-electron chi connectivity index (χ1n) is 6.77. The Bertz CT molecular complexity index is 379. The van der Waals surface area contributed by atoms with Crippen LogP contribution in [0.2, 0.25) is 0 Å². The first kappa shape index (κ1) is 17.9. The molecule has 0 aromatic rings. The zero-order valence-electron chi connectivity index (χ0n) is 11.5. The van der Waals surface area contributed by atoms with Crippen molar-refractivity contribution in [3.8, 4) is 0 Å². The molecule has 2 fully saturated rings. The summed E-state index contributed by atoms with van der Waals surface area (Å²) < 4.78 is 10.1. The van der Waals surface area contributed by atoms with Gasteiger partial charge in [-0.2, -0.15) is 0 Å². The molecular weight excluding hydrogens is 304 g/mol. The van der Waals surface area contributed by atoms with E-state index in [1.807, 2.05) is 0 Å². The van der Waals surface area contributed by atoms with E-state index in [2.05, 4.69) is 0 Å². The maximum absolute atomic E-state index is 10.7. The molecule has 2 aliphatic heterocycles. The molecule has 10 nitrogen and oxygen atoms in total. The highest BCUT2D eigenvalue weighted by Crippen LogP contribution is 2.37. The molecule has 1 radical (unpaired) electrons. The third-order valence-corrected chi connectivity index (χ3v) is 4.26. The molecule has 2 saturated heterocycles. The Morgan fingerprint density at radius 1 is 1.05 bits per heavy atom.